The van der Waals surface area contributed by atoms with E-state index in [1.165, 1.54) is 4.40 Å². The molecule has 2 rings (SSSR count). The second-order valence-electron chi connectivity index (χ2n) is 3.55. The molecule has 6 heteroatoms. The van der Waals surface area contributed by atoms with Crippen molar-refractivity contribution < 1.29 is 9.90 Å². The first-order valence-electron chi connectivity index (χ1n) is 4.74. The topological polar surface area (TPSA) is 69.9 Å². The standard InChI is InChI=1S/C10H12N4O2/c1-13(2)12-9-8(10(15)16)14-6-4-3-5-7(14)11-9/h3-6,12H,1-2H3,(H,15,16). The number of carbonyl (C=O) groups is 1. The maximum atomic E-state index is 11.2. The quantitative estimate of drug-likeness (QED) is 0.753. The van der Waals surface area contributed by atoms with Crippen molar-refractivity contribution in [3.05, 3.63) is 30.1 Å². The molecule has 2 N–H and O–H groups in total. The molecule has 0 unspecified atom stereocenters. The number of imidazole rings is 1. The van der Waals surface area contributed by atoms with Gasteiger partial charge < -0.3 is 10.5 Å². The van der Waals surface area contributed by atoms with Gasteiger partial charge in [-0.15, -0.1) is 0 Å². The molecular weight excluding hydrogens is 208 g/mol. The Bertz CT molecular complexity index is 533. The van der Waals surface area contributed by atoms with Crippen molar-refractivity contribution in [3.8, 4) is 0 Å². The van der Waals surface area contributed by atoms with Gasteiger partial charge in [-0.05, 0) is 12.1 Å². The first kappa shape index (κ1) is 10.4. The number of hydrogen-bond acceptors (Lipinski definition) is 4. The summed E-state index contributed by atoms with van der Waals surface area (Å²) in [7, 11) is 3.55. The summed E-state index contributed by atoms with van der Waals surface area (Å²) >= 11 is 0. The number of rotatable bonds is 3. The fourth-order valence-corrected chi connectivity index (χ4v) is 1.49. The van der Waals surface area contributed by atoms with Crippen molar-refractivity contribution >= 4 is 17.4 Å². The van der Waals surface area contributed by atoms with Crippen molar-refractivity contribution in [1.82, 2.24) is 14.4 Å². The van der Waals surface area contributed by atoms with Gasteiger partial charge in [-0.25, -0.2) is 14.8 Å². The lowest BCUT2D eigenvalue weighted by Gasteiger charge is -2.11. The predicted octanol–water partition coefficient (Wildman–Crippen LogP) is 0.921. The number of hydrazine groups is 1. The monoisotopic (exact) mass is 220 g/mol. The Morgan fingerprint density at radius 1 is 1.50 bits per heavy atom. The average Bonchev–Trinajstić information content (AvgIpc) is 2.53. The van der Waals surface area contributed by atoms with Crippen LogP contribution >= 0.6 is 0 Å². The van der Waals surface area contributed by atoms with Crippen LogP contribution < -0.4 is 5.43 Å². The van der Waals surface area contributed by atoms with Crippen LogP contribution in [0.5, 0.6) is 0 Å². The Balaban J connectivity index is 2.63. The highest BCUT2D eigenvalue weighted by Crippen LogP contribution is 2.17. The summed E-state index contributed by atoms with van der Waals surface area (Å²) in [5.74, 6) is -0.674. The molecule has 0 aliphatic rings. The molecule has 0 radical (unpaired) electrons. The number of pyridine rings is 1. The van der Waals surface area contributed by atoms with E-state index < -0.39 is 5.97 Å². The van der Waals surface area contributed by atoms with Crippen LogP contribution in [0.4, 0.5) is 5.82 Å². The molecule has 0 aromatic carbocycles. The molecule has 0 bridgehead atoms. The number of nitrogens with zero attached hydrogens (tertiary/aromatic N) is 3. The normalized spacial score (nSPS) is 10.9. The van der Waals surface area contributed by atoms with E-state index in [-0.39, 0.29) is 5.69 Å². The van der Waals surface area contributed by atoms with E-state index in [0.717, 1.165) is 0 Å². The number of aromatic nitrogens is 2. The number of hydrogen-bond donors (Lipinski definition) is 2. The van der Waals surface area contributed by atoms with Gasteiger partial charge >= 0.3 is 5.97 Å². The molecule has 16 heavy (non-hydrogen) atoms. The molecule has 0 atom stereocenters. The molecule has 0 amide bonds. The van der Waals surface area contributed by atoms with E-state index in [9.17, 15) is 4.79 Å². The van der Waals surface area contributed by atoms with Gasteiger partial charge in [-0.1, -0.05) is 6.07 Å². The average molecular weight is 220 g/mol. The number of fused-ring (bicyclic) bond motifs is 1. The van der Waals surface area contributed by atoms with Crippen LogP contribution in [0.2, 0.25) is 0 Å². The van der Waals surface area contributed by atoms with Crippen LogP contribution in [0.3, 0.4) is 0 Å². The highest BCUT2D eigenvalue weighted by atomic mass is 16.4. The third kappa shape index (κ3) is 1.70. The minimum Gasteiger partial charge on any atom is -0.476 e. The van der Waals surface area contributed by atoms with Gasteiger partial charge in [0.15, 0.2) is 11.5 Å². The SMILES string of the molecule is CN(C)Nc1nc2ccccn2c1C(=O)O. The third-order valence-corrected chi connectivity index (χ3v) is 2.06. The summed E-state index contributed by atoms with van der Waals surface area (Å²) in [6.07, 6.45) is 1.67. The zero-order chi connectivity index (χ0) is 11.7. The highest BCUT2D eigenvalue weighted by Gasteiger charge is 2.18. The van der Waals surface area contributed by atoms with Gasteiger partial charge in [0.05, 0.1) is 0 Å². The Labute approximate surface area is 92.1 Å². The van der Waals surface area contributed by atoms with Crippen molar-refractivity contribution in [2.24, 2.45) is 0 Å². The van der Waals surface area contributed by atoms with Crippen LogP contribution in [0, 0.1) is 0 Å². The van der Waals surface area contributed by atoms with Crippen LogP contribution in [-0.4, -0.2) is 39.6 Å². The number of aromatic carboxylic acids is 1. The Kier molecular flexibility index (Phi) is 2.49. The van der Waals surface area contributed by atoms with E-state index in [2.05, 4.69) is 10.4 Å². The van der Waals surface area contributed by atoms with Gasteiger partial charge in [0.2, 0.25) is 0 Å². The van der Waals surface area contributed by atoms with Gasteiger partial charge in [0, 0.05) is 20.3 Å². The molecule has 2 heterocycles. The molecular formula is C10H12N4O2. The number of anilines is 1. The second kappa shape index (κ2) is 3.82. The Hall–Kier alpha value is -2.08. The largest absolute Gasteiger partial charge is 0.476 e. The predicted molar refractivity (Wildman–Crippen MR) is 59.5 cm³/mol. The molecule has 0 saturated carbocycles. The summed E-state index contributed by atoms with van der Waals surface area (Å²) in [5, 5.41) is 10.8. The van der Waals surface area contributed by atoms with Crippen molar-refractivity contribution in [1.29, 1.82) is 0 Å². The lowest BCUT2D eigenvalue weighted by Crippen LogP contribution is -2.21. The molecule has 2 aromatic rings. The summed E-state index contributed by atoms with van der Waals surface area (Å²) in [4.78, 5) is 15.4. The first-order valence-corrected chi connectivity index (χ1v) is 4.74. The van der Waals surface area contributed by atoms with E-state index in [4.69, 9.17) is 5.11 Å². The van der Waals surface area contributed by atoms with E-state index in [1.807, 2.05) is 6.07 Å². The first-order chi connectivity index (χ1) is 7.59. The van der Waals surface area contributed by atoms with Gasteiger partial charge in [0.1, 0.15) is 5.65 Å². The summed E-state index contributed by atoms with van der Waals surface area (Å²) < 4.78 is 1.54. The highest BCUT2D eigenvalue weighted by molar-refractivity contribution is 5.92. The fourth-order valence-electron chi connectivity index (χ4n) is 1.49. The second-order valence-corrected chi connectivity index (χ2v) is 3.55. The van der Waals surface area contributed by atoms with Gasteiger partial charge in [0.25, 0.3) is 0 Å². The van der Waals surface area contributed by atoms with Crippen molar-refractivity contribution in [3.63, 3.8) is 0 Å². The molecule has 0 aliphatic heterocycles. The molecule has 0 fully saturated rings. The molecule has 0 aliphatic carbocycles. The number of carboxylic acids is 1. The van der Waals surface area contributed by atoms with E-state index in [0.29, 0.717) is 11.5 Å². The van der Waals surface area contributed by atoms with Crippen molar-refractivity contribution in [2.45, 2.75) is 0 Å². The smallest absolute Gasteiger partial charge is 0.356 e. The molecule has 2 aromatic heterocycles. The zero-order valence-electron chi connectivity index (χ0n) is 9.01. The fraction of sp³-hybridized carbons (Fsp3) is 0.200. The van der Waals surface area contributed by atoms with Crippen molar-refractivity contribution in [2.75, 3.05) is 19.5 Å². The maximum Gasteiger partial charge on any atom is 0.356 e. The lowest BCUT2D eigenvalue weighted by molar-refractivity contribution is 0.0690. The zero-order valence-corrected chi connectivity index (χ0v) is 9.01. The minimum absolute atomic E-state index is 0.129. The molecule has 84 valence electrons. The van der Waals surface area contributed by atoms with Crippen LogP contribution in [-0.2, 0) is 0 Å². The number of carboxylic acid groups (broad SMARTS) is 1. The van der Waals surface area contributed by atoms with E-state index >= 15 is 0 Å². The third-order valence-electron chi connectivity index (χ3n) is 2.06. The van der Waals surface area contributed by atoms with Gasteiger partial charge in [-0.2, -0.15) is 0 Å². The Morgan fingerprint density at radius 2 is 2.25 bits per heavy atom. The maximum absolute atomic E-state index is 11.2. The minimum atomic E-state index is -1.01. The number of nitrogens with one attached hydrogen (secondary N) is 1. The van der Waals surface area contributed by atoms with Crippen LogP contribution in [0.1, 0.15) is 10.5 Å². The molecule has 6 nitrogen and oxygen atoms in total. The molecule has 0 saturated heterocycles. The molecule has 0 spiro atoms. The Morgan fingerprint density at radius 3 is 2.88 bits per heavy atom. The van der Waals surface area contributed by atoms with Crippen LogP contribution in [0.15, 0.2) is 24.4 Å². The summed E-state index contributed by atoms with van der Waals surface area (Å²) in [6, 6.07) is 5.33. The lowest BCUT2D eigenvalue weighted by atomic mass is 10.4. The summed E-state index contributed by atoms with van der Waals surface area (Å²) in [6.45, 7) is 0. The van der Waals surface area contributed by atoms with Crippen LogP contribution in [0.25, 0.3) is 5.65 Å². The van der Waals surface area contributed by atoms with Gasteiger partial charge in [-0.3, -0.25) is 4.40 Å². The van der Waals surface area contributed by atoms with E-state index in [1.54, 1.807) is 37.4 Å². The summed E-state index contributed by atoms with van der Waals surface area (Å²) in [5.41, 5.74) is 3.59.